The molecule has 1 saturated heterocycles. The molecule has 0 unspecified atom stereocenters. The first-order chi connectivity index (χ1) is 5.65. The van der Waals surface area contributed by atoms with Crippen molar-refractivity contribution in [1.82, 2.24) is 0 Å². The van der Waals surface area contributed by atoms with Crippen LogP contribution >= 0.6 is 12.6 Å². The smallest absolute Gasteiger partial charge is 0.423 e. The molecule has 1 aliphatic rings. The summed E-state index contributed by atoms with van der Waals surface area (Å²) < 4.78 is 5.01. The zero-order valence-corrected chi connectivity index (χ0v) is 7.84. The monoisotopic (exact) mass is 182 g/mol. The molecule has 1 heterocycles. The Morgan fingerprint density at radius 2 is 2.50 bits per heavy atom. The molecule has 64 valence electrons. The van der Waals surface area contributed by atoms with Crippen molar-refractivity contribution in [3.63, 3.8) is 0 Å². The molecular formula is C8H11BO2S. The minimum Gasteiger partial charge on any atom is -0.423 e. The maximum atomic E-state index is 9.33. The number of allylic oxidation sites excluding steroid dienone is 2. The Balaban J connectivity index is 2.92. The van der Waals surface area contributed by atoms with Crippen LogP contribution in [0.25, 0.3) is 0 Å². The number of hydrogen-bond donors (Lipinski definition) is 2. The largest absolute Gasteiger partial charge is 0.491 e. The van der Waals surface area contributed by atoms with Crippen molar-refractivity contribution in [2.24, 2.45) is 0 Å². The van der Waals surface area contributed by atoms with Crippen LogP contribution in [0.15, 0.2) is 34.7 Å². The summed E-state index contributed by atoms with van der Waals surface area (Å²) >= 11 is 4.03. The van der Waals surface area contributed by atoms with E-state index >= 15 is 0 Å². The van der Waals surface area contributed by atoms with Gasteiger partial charge >= 0.3 is 7.12 Å². The summed E-state index contributed by atoms with van der Waals surface area (Å²) in [5.41, 5.74) is 1.76. The van der Waals surface area contributed by atoms with Crippen LogP contribution in [0.2, 0.25) is 0 Å². The highest BCUT2D eigenvalue weighted by molar-refractivity contribution is 7.84. The highest BCUT2D eigenvalue weighted by Gasteiger charge is 2.29. The maximum absolute atomic E-state index is 9.33. The second kappa shape index (κ2) is 3.98. The van der Waals surface area contributed by atoms with Crippen LogP contribution in [-0.2, 0) is 4.65 Å². The normalized spacial score (nSPS) is 24.1. The Morgan fingerprint density at radius 3 is 3.00 bits per heavy atom. The minimum atomic E-state index is -0.819. The van der Waals surface area contributed by atoms with E-state index in [-0.39, 0.29) is 0 Å². The van der Waals surface area contributed by atoms with Crippen molar-refractivity contribution in [2.45, 2.75) is 6.92 Å². The molecule has 4 heteroatoms. The van der Waals surface area contributed by atoms with E-state index in [9.17, 15) is 5.02 Å². The predicted octanol–water partition coefficient (Wildman–Crippen LogP) is 1.35. The first kappa shape index (κ1) is 9.64. The molecular weight excluding hydrogens is 171 g/mol. The van der Waals surface area contributed by atoms with Crippen molar-refractivity contribution in [1.29, 1.82) is 0 Å². The van der Waals surface area contributed by atoms with E-state index in [4.69, 9.17) is 4.65 Å². The lowest BCUT2D eigenvalue weighted by molar-refractivity contribution is 0.316. The molecule has 0 radical (unpaired) electrons. The zero-order valence-electron chi connectivity index (χ0n) is 6.95. The van der Waals surface area contributed by atoms with Crippen LogP contribution in [0.3, 0.4) is 0 Å². The molecule has 1 fully saturated rings. The van der Waals surface area contributed by atoms with E-state index in [2.05, 4.69) is 19.2 Å². The number of thiol groups is 1. The summed E-state index contributed by atoms with van der Waals surface area (Å²) in [5, 5.41) is 9.33. The summed E-state index contributed by atoms with van der Waals surface area (Å²) in [6.45, 7) is 5.99. The average molecular weight is 182 g/mol. The molecule has 0 aliphatic carbocycles. The van der Waals surface area contributed by atoms with Gasteiger partial charge in [-0.25, -0.2) is 0 Å². The number of hydrogen-bond acceptors (Lipinski definition) is 3. The molecule has 2 nitrogen and oxygen atoms in total. The molecule has 1 rings (SSSR count). The van der Waals surface area contributed by atoms with Crippen LogP contribution in [0.1, 0.15) is 6.92 Å². The summed E-state index contributed by atoms with van der Waals surface area (Å²) in [6.07, 6.45) is 3.63. The van der Waals surface area contributed by atoms with Crippen LogP contribution in [0.5, 0.6) is 0 Å². The molecule has 12 heavy (non-hydrogen) atoms. The van der Waals surface area contributed by atoms with E-state index in [0.29, 0.717) is 11.5 Å². The third-order valence-electron chi connectivity index (χ3n) is 1.70. The van der Waals surface area contributed by atoms with Gasteiger partial charge in [-0.2, -0.15) is 0 Å². The van der Waals surface area contributed by atoms with Crippen molar-refractivity contribution >= 4 is 19.7 Å². The lowest BCUT2D eigenvalue weighted by atomic mass is 9.77. The zero-order chi connectivity index (χ0) is 9.14. The van der Waals surface area contributed by atoms with E-state index in [1.165, 1.54) is 0 Å². The summed E-state index contributed by atoms with van der Waals surface area (Å²) in [4.78, 5) is 0.619. The molecule has 0 bridgehead atoms. The standard InChI is InChI=1S/C8H11BO2S/c1-3-7-5-11-9(10)8(7)4-6(2)12/h3-4,10,12H,2,5H2,1H3/b7-3-,8-4+. The molecule has 0 aromatic carbocycles. The van der Waals surface area contributed by atoms with Gasteiger partial charge in [-0.1, -0.05) is 12.7 Å². The van der Waals surface area contributed by atoms with Crippen molar-refractivity contribution in [3.8, 4) is 0 Å². The highest BCUT2D eigenvalue weighted by Crippen LogP contribution is 2.23. The summed E-state index contributed by atoms with van der Waals surface area (Å²) in [5.74, 6) is 0. The van der Waals surface area contributed by atoms with Gasteiger partial charge in [0.1, 0.15) is 0 Å². The summed E-state index contributed by atoms with van der Waals surface area (Å²) in [7, 11) is -0.819. The molecule has 0 aromatic rings. The van der Waals surface area contributed by atoms with Gasteiger partial charge in [0.25, 0.3) is 0 Å². The molecule has 0 saturated carbocycles. The third-order valence-corrected chi connectivity index (χ3v) is 1.83. The van der Waals surface area contributed by atoms with Gasteiger partial charge < -0.3 is 9.68 Å². The van der Waals surface area contributed by atoms with Crippen molar-refractivity contribution in [3.05, 3.63) is 34.7 Å². The van der Waals surface area contributed by atoms with Crippen LogP contribution in [0.4, 0.5) is 0 Å². The Kier molecular flexibility index (Phi) is 3.20. The molecule has 0 spiro atoms. The Morgan fingerprint density at radius 1 is 1.83 bits per heavy atom. The van der Waals surface area contributed by atoms with Crippen LogP contribution in [-0.4, -0.2) is 18.7 Å². The SMILES string of the molecule is C=C(S)/C=C1/B(O)OC/C1=C/C. The van der Waals surface area contributed by atoms with Crippen molar-refractivity contribution < 1.29 is 9.68 Å². The van der Waals surface area contributed by atoms with Gasteiger partial charge in [0.2, 0.25) is 0 Å². The van der Waals surface area contributed by atoms with E-state index in [1.54, 1.807) is 6.08 Å². The lowest BCUT2D eigenvalue weighted by Gasteiger charge is -1.97. The van der Waals surface area contributed by atoms with Gasteiger partial charge in [-0.15, -0.1) is 12.6 Å². The first-order valence-corrected chi connectivity index (χ1v) is 4.14. The Labute approximate surface area is 78.2 Å². The molecule has 0 amide bonds. The van der Waals surface area contributed by atoms with Gasteiger partial charge in [0.05, 0.1) is 6.61 Å². The fourth-order valence-electron chi connectivity index (χ4n) is 1.09. The fourth-order valence-corrected chi connectivity index (χ4v) is 1.23. The molecule has 0 aromatic heterocycles. The predicted molar refractivity (Wildman–Crippen MR) is 53.9 cm³/mol. The maximum Gasteiger partial charge on any atom is 0.491 e. The quantitative estimate of drug-likeness (QED) is 0.473. The fraction of sp³-hybridized carbons (Fsp3) is 0.250. The molecule has 0 atom stereocenters. The van der Waals surface area contributed by atoms with Gasteiger partial charge in [0, 0.05) is 0 Å². The van der Waals surface area contributed by atoms with Crippen molar-refractivity contribution in [2.75, 3.05) is 6.61 Å². The van der Waals surface area contributed by atoms with Gasteiger partial charge in [-0.3, -0.25) is 0 Å². The van der Waals surface area contributed by atoms with Gasteiger partial charge in [-0.05, 0) is 29.0 Å². The van der Waals surface area contributed by atoms with E-state index < -0.39 is 7.12 Å². The molecule has 1 aliphatic heterocycles. The Hall–Kier alpha value is -0.445. The lowest BCUT2D eigenvalue weighted by Crippen LogP contribution is -2.12. The third kappa shape index (κ3) is 2.03. The topological polar surface area (TPSA) is 29.5 Å². The number of rotatable bonds is 1. The minimum absolute atomic E-state index is 0.463. The Bertz CT molecular complexity index is 258. The second-order valence-electron chi connectivity index (χ2n) is 2.57. The highest BCUT2D eigenvalue weighted by atomic mass is 32.1. The van der Waals surface area contributed by atoms with Crippen LogP contribution in [0, 0.1) is 0 Å². The summed E-state index contributed by atoms with van der Waals surface area (Å²) in [6, 6.07) is 0. The van der Waals surface area contributed by atoms with Gasteiger partial charge in [0.15, 0.2) is 0 Å². The first-order valence-electron chi connectivity index (χ1n) is 3.70. The van der Waals surface area contributed by atoms with E-state index in [1.807, 2.05) is 13.0 Å². The second-order valence-corrected chi connectivity index (χ2v) is 3.14. The van der Waals surface area contributed by atoms with Crippen LogP contribution < -0.4 is 0 Å². The average Bonchev–Trinajstić information content (AvgIpc) is 2.32. The van der Waals surface area contributed by atoms with E-state index in [0.717, 1.165) is 11.0 Å². The molecule has 1 N–H and O–H groups in total.